The molecule has 0 aromatic carbocycles. The molecule has 0 aliphatic carbocycles. The minimum Gasteiger partial charge on any atom is -0.395 e. The first kappa shape index (κ1) is 8.55. The van der Waals surface area contributed by atoms with E-state index in [9.17, 15) is 4.79 Å². The van der Waals surface area contributed by atoms with Gasteiger partial charge < -0.3 is 20.3 Å². The van der Waals surface area contributed by atoms with Crippen LogP contribution in [0, 0.1) is 0 Å². The van der Waals surface area contributed by atoms with E-state index in [0.717, 1.165) is 0 Å². The first-order valence-electron chi connectivity index (χ1n) is 2.74. The fourth-order valence-electron chi connectivity index (χ4n) is 0.402. The van der Waals surface area contributed by atoms with Crippen LogP contribution < -0.4 is 5.32 Å². The number of nitrogens with one attached hydrogen (secondary N) is 1. The molecule has 0 aromatic rings. The van der Waals surface area contributed by atoms with Crippen LogP contribution >= 0.6 is 0 Å². The lowest BCUT2D eigenvalue weighted by molar-refractivity contribution is -0.107. The predicted molar refractivity (Wildman–Crippen MR) is 32.0 cm³/mol. The minimum atomic E-state index is -0.366. The Morgan fingerprint density at radius 2 is 2.00 bits per heavy atom. The molecule has 0 aliphatic heterocycles. The quantitative estimate of drug-likeness (QED) is 0.384. The second-order valence-electron chi connectivity index (χ2n) is 1.64. The molecular formula is C5H11NO3. The van der Waals surface area contributed by atoms with E-state index in [0.29, 0.717) is 6.29 Å². The Labute approximate surface area is 53.5 Å². The van der Waals surface area contributed by atoms with Gasteiger partial charge in [-0.25, -0.2) is 0 Å². The SMILES string of the molecule is O=CCNC(CO)CO. The van der Waals surface area contributed by atoms with Crippen molar-refractivity contribution in [1.29, 1.82) is 0 Å². The van der Waals surface area contributed by atoms with E-state index in [1.165, 1.54) is 0 Å². The van der Waals surface area contributed by atoms with Crippen LogP contribution in [-0.4, -0.2) is 42.3 Å². The highest BCUT2D eigenvalue weighted by molar-refractivity contribution is 5.51. The monoisotopic (exact) mass is 133 g/mol. The van der Waals surface area contributed by atoms with Gasteiger partial charge in [-0.3, -0.25) is 0 Å². The van der Waals surface area contributed by atoms with Gasteiger partial charge in [0, 0.05) is 0 Å². The maximum Gasteiger partial charge on any atom is 0.133 e. The van der Waals surface area contributed by atoms with Gasteiger partial charge in [0.1, 0.15) is 6.29 Å². The normalized spacial score (nSPS) is 10.1. The van der Waals surface area contributed by atoms with E-state index >= 15 is 0 Å². The van der Waals surface area contributed by atoms with Crippen LogP contribution in [0.4, 0.5) is 0 Å². The van der Waals surface area contributed by atoms with E-state index in [1.807, 2.05) is 0 Å². The molecular weight excluding hydrogens is 122 g/mol. The number of aliphatic hydroxyl groups excluding tert-OH is 2. The Morgan fingerprint density at radius 1 is 1.44 bits per heavy atom. The minimum absolute atomic E-state index is 0.148. The van der Waals surface area contributed by atoms with Crippen molar-refractivity contribution in [3.8, 4) is 0 Å². The summed E-state index contributed by atoms with van der Waals surface area (Å²) in [7, 11) is 0. The van der Waals surface area contributed by atoms with Crippen molar-refractivity contribution in [2.45, 2.75) is 6.04 Å². The third-order valence-corrected chi connectivity index (χ3v) is 0.931. The zero-order chi connectivity index (χ0) is 7.11. The average molecular weight is 133 g/mol. The van der Waals surface area contributed by atoms with Crippen molar-refractivity contribution in [2.75, 3.05) is 19.8 Å². The Bertz CT molecular complexity index is 72.6. The second kappa shape index (κ2) is 5.68. The lowest BCUT2D eigenvalue weighted by Gasteiger charge is -2.09. The molecule has 0 atom stereocenters. The van der Waals surface area contributed by atoms with Crippen LogP contribution in [-0.2, 0) is 4.79 Å². The average Bonchev–Trinajstić information content (AvgIpc) is 1.91. The number of rotatable bonds is 5. The maximum atomic E-state index is 9.72. The first-order chi connectivity index (χ1) is 4.35. The standard InChI is InChI=1S/C5H11NO3/c7-2-1-6-5(3-8)4-9/h2,5-6,8-9H,1,3-4H2. The molecule has 0 aromatic heterocycles. The highest BCUT2D eigenvalue weighted by atomic mass is 16.3. The fraction of sp³-hybridized carbons (Fsp3) is 0.800. The molecule has 0 heterocycles. The van der Waals surface area contributed by atoms with Gasteiger partial charge in [0.05, 0.1) is 25.8 Å². The molecule has 0 bridgehead atoms. The summed E-state index contributed by atoms with van der Waals surface area (Å²) in [6, 6.07) is -0.366. The maximum absolute atomic E-state index is 9.72. The zero-order valence-electron chi connectivity index (χ0n) is 5.08. The number of hydrogen-bond acceptors (Lipinski definition) is 4. The molecule has 3 N–H and O–H groups in total. The molecule has 4 heteroatoms. The third kappa shape index (κ3) is 4.08. The first-order valence-corrected chi connectivity index (χ1v) is 2.74. The van der Waals surface area contributed by atoms with Crippen LogP contribution in [0.25, 0.3) is 0 Å². The number of aliphatic hydroxyl groups is 2. The molecule has 0 aliphatic rings. The highest BCUT2D eigenvalue weighted by Crippen LogP contribution is 1.75. The summed E-state index contributed by atoms with van der Waals surface area (Å²) in [6.07, 6.45) is 0.679. The summed E-state index contributed by atoms with van der Waals surface area (Å²) < 4.78 is 0. The largest absolute Gasteiger partial charge is 0.395 e. The van der Waals surface area contributed by atoms with Crippen LogP contribution in [0.5, 0.6) is 0 Å². The van der Waals surface area contributed by atoms with Crippen LogP contribution in [0.2, 0.25) is 0 Å². The van der Waals surface area contributed by atoms with Crippen molar-refractivity contribution in [3.05, 3.63) is 0 Å². The van der Waals surface area contributed by atoms with Crippen LogP contribution in [0.3, 0.4) is 0 Å². The molecule has 4 nitrogen and oxygen atoms in total. The van der Waals surface area contributed by atoms with Gasteiger partial charge in [0.2, 0.25) is 0 Å². The summed E-state index contributed by atoms with van der Waals surface area (Å²) in [5.74, 6) is 0. The van der Waals surface area contributed by atoms with Gasteiger partial charge in [-0.15, -0.1) is 0 Å². The van der Waals surface area contributed by atoms with E-state index in [-0.39, 0.29) is 25.8 Å². The highest BCUT2D eigenvalue weighted by Gasteiger charge is 2.01. The van der Waals surface area contributed by atoms with Crippen molar-refractivity contribution in [1.82, 2.24) is 5.32 Å². The fourth-order valence-corrected chi connectivity index (χ4v) is 0.402. The molecule has 9 heavy (non-hydrogen) atoms. The molecule has 54 valence electrons. The summed E-state index contributed by atoms with van der Waals surface area (Å²) >= 11 is 0. The molecule has 0 unspecified atom stereocenters. The molecule has 0 saturated carbocycles. The van der Waals surface area contributed by atoms with Gasteiger partial charge in [0.15, 0.2) is 0 Å². The summed E-state index contributed by atoms with van der Waals surface area (Å²) in [6.45, 7) is -0.125. The molecule has 0 amide bonds. The van der Waals surface area contributed by atoms with Gasteiger partial charge in [-0.05, 0) is 0 Å². The van der Waals surface area contributed by atoms with Crippen molar-refractivity contribution >= 4 is 6.29 Å². The third-order valence-electron chi connectivity index (χ3n) is 0.931. The zero-order valence-corrected chi connectivity index (χ0v) is 5.08. The lowest BCUT2D eigenvalue weighted by atomic mass is 10.3. The van der Waals surface area contributed by atoms with Crippen molar-refractivity contribution in [3.63, 3.8) is 0 Å². The Hall–Kier alpha value is -0.450. The van der Waals surface area contributed by atoms with Gasteiger partial charge in [-0.1, -0.05) is 0 Å². The molecule has 0 rings (SSSR count). The smallest absolute Gasteiger partial charge is 0.133 e. The number of carbonyl (C=O) groups excluding carboxylic acids is 1. The van der Waals surface area contributed by atoms with Crippen molar-refractivity contribution in [2.24, 2.45) is 0 Å². The number of aldehydes is 1. The Balaban J connectivity index is 3.19. The van der Waals surface area contributed by atoms with Crippen LogP contribution in [0.1, 0.15) is 0 Å². The topological polar surface area (TPSA) is 69.6 Å². The van der Waals surface area contributed by atoms with E-state index in [4.69, 9.17) is 10.2 Å². The Morgan fingerprint density at radius 3 is 2.33 bits per heavy atom. The lowest BCUT2D eigenvalue weighted by Crippen LogP contribution is -2.36. The molecule has 0 spiro atoms. The summed E-state index contributed by atoms with van der Waals surface area (Å²) in [5, 5.41) is 19.4. The van der Waals surface area contributed by atoms with Gasteiger partial charge in [-0.2, -0.15) is 0 Å². The predicted octanol–water partition coefficient (Wildman–Crippen LogP) is -1.87. The molecule has 0 saturated heterocycles. The van der Waals surface area contributed by atoms with E-state index in [1.54, 1.807) is 0 Å². The summed E-state index contributed by atoms with van der Waals surface area (Å²) in [4.78, 5) is 9.72. The summed E-state index contributed by atoms with van der Waals surface area (Å²) in [5.41, 5.74) is 0. The van der Waals surface area contributed by atoms with E-state index < -0.39 is 0 Å². The van der Waals surface area contributed by atoms with E-state index in [2.05, 4.69) is 5.32 Å². The van der Waals surface area contributed by atoms with Crippen molar-refractivity contribution < 1.29 is 15.0 Å². The molecule has 0 radical (unpaired) electrons. The van der Waals surface area contributed by atoms with Gasteiger partial charge in [0.25, 0.3) is 0 Å². The molecule has 0 fully saturated rings. The number of carbonyl (C=O) groups is 1. The van der Waals surface area contributed by atoms with Gasteiger partial charge >= 0.3 is 0 Å². The Kier molecular flexibility index (Phi) is 5.40. The van der Waals surface area contributed by atoms with Crippen LogP contribution in [0.15, 0.2) is 0 Å². The second-order valence-corrected chi connectivity index (χ2v) is 1.64. The number of hydrogen-bond donors (Lipinski definition) is 3.